The number of hydrogen-bond donors (Lipinski definition) is 0. The van der Waals surface area contributed by atoms with Gasteiger partial charge in [-0.3, -0.25) is 14.4 Å². The normalized spacial score (nSPS) is 24.8. The lowest BCUT2D eigenvalue weighted by molar-refractivity contribution is -0.123. The number of benzene rings is 3. The molecule has 0 saturated carbocycles. The molecule has 6 heteroatoms. The Kier molecular flexibility index (Phi) is 4.81. The van der Waals surface area contributed by atoms with Crippen LogP contribution in [-0.2, 0) is 9.59 Å². The molecule has 0 unspecified atom stereocenters. The fourth-order valence-corrected chi connectivity index (χ4v) is 5.85. The number of carbonyl (C=O) groups is 3. The Morgan fingerprint density at radius 3 is 2.26 bits per heavy atom. The van der Waals surface area contributed by atoms with E-state index >= 15 is 0 Å². The highest BCUT2D eigenvalue weighted by Gasteiger charge is 2.64. The van der Waals surface area contributed by atoms with E-state index < -0.39 is 17.9 Å². The summed E-state index contributed by atoms with van der Waals surface area (Å²) < 4.78 is 0.871. The Morgan fingerprint density at radius 1 is 0.853 bits per heavy atom. The van der Waals surface area contributed by atoms with Crippen molar-refractivity contribution in [1.82, 2.24) is 4.90 Å². The van der Waals surface area contributed by atoms with E-state index in [1.54, 1.807) is 24.3 Å². The number of hydrogen-bond acceptors (Lipinski definition) is 4. The maximum Gasteiger partial charge on any atom is 0.240 e. The molecule has 3 aromatic carbocycles. The predicted octanol–water partition coefficient (Wildman–Crippen LogP) is 5.16. The van der Waals surface area contributed by atoms with Crippen molar-refractivity contribution in [3.63, 3.8) is 0 Å². The molecule has 4 atom stereocenters. The number of rotatable bonds is 3. The molecule has 0 N–H and O–H groups in total. The number of ketones is 1. The van der Waals surface area contributed by atoms with Crippen LogP contribution in [-0.4, -0.2) is 28.5 Å². The standard InChI is InChI=1S/C28H21BrN2O3/c1-16-6-12-20(13-7-16)31-27(33)22-23(28(31)34)25(26(32)18-8-10-19(29)11-9-18)30-15-14-17-4-2-3-5-21(17)24(22)30/h2-15,22-25H,1H3/t22-,23+,24+,25-/m1/s1. The van der Waals surface area contributed by atoms with Gasteiger partial charge in [0.05, 0.1) is 23.6 Å². The van der Waals surface area contributed by atoms with Gasteiger partial charge < -0.3 is 4.90 Å². The highest BCUT2D eigenvalue weighted by Crippen LogP contribution is 2.53. The first-order valence-electron chi connectivity index (χ1n) is 11.2. The zero-order valence-corrected chi connectivity index (χ0v) is 20.0. The number of fused-ring (bicyclic) bond motifs is 5. The van der Waals surface area contributed by atoms with Crippen molar-refractivity contribution >= 4 is 45.3 Å². The van der Waals surface area contributed by atoms with Crippen LogP contribution in [0.3, 0.4) is 0 Å². The molecule has 2 saturated heterocycles. The van der Waals surface area contributed by atoms with E-state index in [4.69, 9.17) is 0 Å². The molecule has 2 amide bonds. The van der Waals surface area contributed by atoms with Crippen LogP contribution in [0.5, 0.6) is 0 Å². The van der Waals surface area contributed by atoms with Crippen LogP contribution in [0, 0.1) is 18.8 Å². The number of nitrogens with zero attached hydrogens (tertiary/aromatic N) is 2. The van der Waals surface area contributed by atoms with Gasteiger partial charge in [-0.25, -0.2) is 4.90 Å². The third-order valence-corrected chi connectivity index (χ3v) is 7.68. The summed E-state index contributed by atoms with van der Waals surface area (Å²) >= 11 is 3.41. The van der Waals surface area contributed by atoms with Crippen LogP contribution in [0.1, 0.15) is 33.1 Å². The summed E-state index contributed by atoms with van der Waals surface area (Å²) in [5.41, 5.74) is 4.10. The van der Waals surface area contributed by atoms with Gasteiger partial charge in [-0.05, 0) is 48.4 Å². The first-order chi connectivity index (χ1) is 16.5. The lowest BCUT2D eigenvalue weighted by atomic mass is 9.83. The van der Waals surface area contributed by atoms with Crippen molar-refractivity contribution in [1.29, 1.82) is 0 Å². The van der Waals surface area contributed by atoms with Gasteiger partial charge in [-0.2, -0.15) is 0 Å². The van der Waals surface area contributed by atoms with Gasteiger partial charge in [0.25, 0.3) is 0 Å². The Labute approximate surface area is 205 Å². The van der Waals surface area contributed by atoms with Crippen molar-refractivity contribution in [3.8, 4) is 0 Å². The monoisotopic (exact) mass is 512 g/mol. The third kappa shape index (κ3) is 3.02. The summed E-state index contributed by atoms with van der Waals surface area (Å²) in [6, 6.07) is 21.3. The van der Waals surface area contributed by atoms with Crippen molar-refractivity contribution in [2.45, 2.75) is 19.0 Å². The highest BCUT2D eigenvalue weighted by atomic mass is 79.9. The minimum Gasteiger partial charge on any atom is -0.358 e. The van der Waals surface area contributed by atoms with Crippen LogP contribution in [0.4, 0.5) is 5.69 Å². The molecular formula is C28H21BrN2O3. The molecule has 2 fully saturated rings. The van der Waals surface area contributed by atoms with Crippen LogP contribution in [0.2, 0.25) is 0 Å². The summed E-state index contributed by atoms with van der Waals surface area (Å²) in [6.07, 6.45) is 3.84. The molecule has 3 aliphatic rings. The smallest absolute Gasteiger partial charge is 0.240 e. The Balaban J connectivity index is 1.49. The predicted molar refractivity (Wildman–Crippen MR) is 133 cm³/mol. The molecule has 3 aliphatic heterocycles. The van der Waals surface area contributed by atoms with E-state index in [9.17, 15) is 14.4 Å². The van der Waals surface area contributed by atoms with E-state index in [0.29, 0.717) is 11.3 Å². The molecule has 168 valence electrons. The molecule has 6 rings (SSSR count). The molecule has 3 heterocycles. The Morgan fingerprint density at radius 2 is 1.53 bits per heavy atom. The van der Waals surface area contributed by atoms with Crippen molar-refractivity contribution < 1.29 is 14.4 Å². The first-order valence-corrected chi connectivity index (χ1v) is 12.0. The number of amides is 2. The maximum atomic E-state index is 13.8. The van der Waals surface area contributed by atoms with Crippen LogP contribution < -0.4 is 4.90 Å². The summed E-state index contributed by atoms with van der Waals surface area (Å²) in [5, 5.41) is 0. The summed E-state index contributed by atoms with van der Waals surface area (Å²) in [6.45, 7) is 1.96. The average molecular weight is 513 g/mol. The molecule has 0 aliphatic carbocycles. The lowest BCUT2D eigenvalue weighted by Gasteiger charge is -2.35. The van der Waals surface area contributed by atoms with Crippen molar-refractivity contribution in [3.05, 3.63) is 106 Å². The van der Waals surface area contributed by atoms with Crippen molar-refractivity contribution in [2.24, 2.45) is 11.8 Å². The second kappa shape index (κ2) is 7.77. The minimum absolute atomic E-state index is 0.152. The van der Waals surface area contributed by atoms with Gasteiger partial charge in [0.15, 0.2) is 5.78 Å². The SMILES string of the molecule is Cc1ccc(N2C(=O)[C@@H]3[C@H](C2=O)[C@H](C(=O)c2ccc(Br)cc2)N2C=Cc4ccccc4[C@@H]32)cc1. The fourth-order valence-electron chi connectivity index (χ4n) is 5.59. The van der Waals surface area contributed by atoms with E-state index in [2.05, 4.69) is 15.9 Å². The summed E-state index contributed by atoms with van der Waals surface area (Å²) in [7, 11) is 0. The van der Waals surface area contributed by atoms with E-state index in [1.807, 2.05) is 72.6 Å². The van der Waals surface area contributed by atoms with Crippen LogP contribution >= 0.6 is 15.9 Å². The third-order valence-electron chi connectivity index (χ3n) is 7.15. The topological polar surface area (TPSA) is 57.7 Å². The zero-order valence-electron chi connectivity index (χ0n) is 18.4. The van der Waals surface area contributed by atoms with Gasteiger partial charge in [0.2, 0.25) is 11.8 Å². The van der Waals surface area contributed by atoms with Gasteiger partial charge >= 0.3 is 0 Å². The molecular weight excluding hydrogens is 492 g/mol. The summed E-state index contributed by atoms with van der Waals surface area (Å²) in [5.74, 6) is -2.10. The Hall–Kier alpha value is -3.51. The van der Waals surface area contributed by atoms with E-state index in [-0.39, 0.29) is 23.6 Å². The number of aryl methyl sites for hydroxylation is 1. The molecule has 0 bridgehead atoms. The largest absolute Gasteiger partial charge is 0.358 e. The fraction of sp³-hybridized carbons (Fsp3) is 0.179. The molecule has 0 radical (unpaired) electrons. The average Bonchev–Trinajstić information content (AvgIpc) is 3.32. The second-order valence-corrected chi connectivity index (χ2v) is 9.97. The van der Waals surface area contributed by atoms with Gasteiger partial charge in [0.1, 0.15) is 6.04 Å². The summed E-state index contributed by atoms with van der Waals surface area (Å²) in [4.78, 5) is 44.7. The number of anilines is 1. The van der Waals surface area contributed by atoms with Crippen molar-refractivity contribution in [2.75, 3.05) is 4.90 Å². The zero-order chi connectivity index (χ0) is 23.6. The number of carbonyl (C=O) groups excluding carboxylic acids is 3. The maximum absolute atomic E-state index is 13.8. The lowest BCUT2D eigenvalue weighted by Crippen LogP contribution is -2.44. The van der Waals surface area contributed by atoms with E-state index in [1.165, 1.54) is 4.90 Å². The second-order valence-electron chi connectivity index (χ2n) is 9.05. The van der Waals surface area contributed by atoms with Crippen LogP contribution in [0.25, 0.3) is 6.08 Å². The van der Waals surface area contributed by atoms with Gasteiger partial charge in [-0.1, -0.05) is 70.0 Å². The van der Waals surface area contributed by atoms with E-state index in [0.717, 1.165) is 21.2 Å². The van der Waals surface area contributed by atoms with Gasteiger partial charge in [0, 0.05) is 16.2 Å². The minimum atomic E-state index is -0.759. The number of imide groups is 1. The molecule has 0 spiro atoms. The number of Topliss-reactive ketones (excluding diaryl/α,β-unsaturated/α-hetero) is 1. The molecule has 0 aromatic heterocycles. The molecule has 3 aromatic rings. The highest BCUT2D eigenvalue weighted by molar-refractivity contribution is 9.10. The molecule has 34 heavy (non-hydrogen) atoms. The first kappa shape index (κ1) is 21.1. The van der Waals surface area contributed by atoms with Gasteiger partial charge in [-0.15, -0.1) is 0 Å². The number of halogens is 1. The molecule has 5 nitrogen and oxygen atoms in total. The Bertz CT molecular complexity index is 1360. The quantitative estimate of drug-likeness (QED) is 0.359. The van der Waals surface area contributed by atoms with Crippen LogP contribution in [0.15, 0.2) is 83.5 Å².